The molecule has 4 nitrogen and oxygen atoms in total. The van der Waals surface area contributed by atoms with Crippen LogP contribution in [0, 0.1) is 0 Å². The zero-order valence-electron chi connectivity index (χ0n) is 8.71. The minimum Gasteiger partial charge on any atom is -0.461 e. The quantitative estimate of drug-likeness (QED) is 0.765. The van der Waals surface area contributed by atoms with E-state index in [1.165, 1.54) is 6.33 Å². The molecule has 0 unspecified atom stereocenters. The van der Waals surface area contributed by atoms with E-state index in [-0.39, 0.29) is 0 Å². The van der Waals surface area contributed by atoms with Crippen molar-refractivity contribution in [2.75, 3.05) is 6.61 Å². The van der Waals surface area contributed by atoms with Crippen molar-refractivity contribution in [2.24, 2.45) is 0 Å². The van der Waals surface area contributed by atoms with E-state index in [0.717, 1.165) is 10.6 Å². The third-order valence-electron chi connectivity index (χ3n) is 1.93. The molecule has 0 atom stereocenters. The summed E-state index contributed by atoms with van der Waals surface area (Å²) in [5.41, 5.74) is 1.04. The highest BCUT2D eigenvalue weighted by Gasteiger charge is 2.10. The number of esters is 1. The molecule has 82 valence electrons. The Morgan fingerprint density at radius 3 is 3.06 bits per heavy atom. The zero-order valence-corrected chi connectivity index (χ0v) is 9.53. The second-order valence-corrected chi connectivity index (χ2v) is 3.93. The number of thiophene rings is 1. The maximum atomic E-state index is 11.5. The molecule has 2 aromatic rings. The van der Waals surface area contributed by atoms with Crippen molar-refractivity contribution < 1.29 is 9.53 Å². The van der Waals surface area contributed by atoms with Gasteiger partial charge in [-0.15, -0.1) is 11.3 Å². The SMILES string of the molecule is CCOC(=O)c1cc(-c2cccs2)ncn1. The van der Waals surface area contributed by atoms with E-state index in [4.69, 9.17) is 4.74 Å². The lowest BCUT2D eigenvalue weighted by Crippen LogP contribution is -2.07. The molecule has 0 spiro atoms. The van der Waals surface area contributed by atoms with Crippen LogP contribution < -0.4 is 0 Å². The van der Waals surface area contributed by atoms with Crippen molar-refractivity contribution in [3.63, 3.8) is 0 Å². The normalized spacial score (nSPS) is 10.1. The van der Waals surface area contributed by atoms with Gasteiger partial charge in [-0.3, -0.25) is 0 Å². The molecule has 0 N–H and O–H groups in total. The lowest BCUT2D eigenvalue weighted by molar-refractivity contribution is 0.0519. The Bertz CT molecular complexity index is 482. The maximum absolute atomic E-state index is 11.5. The first kappa shape index (κ1) is 10.8. The molecule has 0 saturated heterocycles. The van der Waals surface area contributed by atoms with E-state index in [2.05, 4.69) is 9.97 Å². The number of hydrogen-bond acceptors (Lipinski definition) is 5. The van der Waals surface area contributed by atoms with Crippen LogP contribution in [0.5, 0.6) is 0 Å². The first-order valence-electron chi connectivity index (χ1n) is 4.84. The molecule has 0 saturated carbocycles. The molecule has 0 bridgehead atoms. The largest absolute Gasteiger partial charge is 0.461 e. The highest BCUT2D eigenvalue weighted by molar-refractivity contribution is 7.13. The van der Waals surface area contributed by atoms with Gasteiger partial charge < -0.3 is 4.74 Å². The van der Waals surface area contributed by atoms with Gasteiger partial charge in [0.05, 0.1) is 17.2 Å². The summed E-state index contributed by atoms with van der Waals surface area (Å²) in [7, 11) is 0. The van der Waals surface area contributed by atoms with E-state index >= 15 is 0 Å². The molecule has 0 amide bonds. The van der Waals surface area contributed by atoms with Crippen LogP contribution in [0.3, 0.4) is 0 Å². The maximum Gasteiger partial charge on any atom is 0.357 e. The van der Waals surface area contributed by atoms with E-state index < -0.39 is 5.97 Å². The molecule has 2 aromatic heterocycles. The van der Waals surface area contributed by atoms with Crippen molar-refractivity contribution >= 4 is 17.3 Å². The van der Waals surface area contributed by atoms with Crippen LogP contribution >= 0.6 is 11.3 Å². The molecule has 16 heavy (non-hydrogen) atoms. The fourth-order valence-corrected chi connectivity index (χ4v) is 1.93. The molecular formula is C11H10N2O2S. The number of ether oxygens (including phenoxy) is 1. The number of aromatic nitrogens is 2. The van der Waals surface area contributed by atoms with Gasteiger partial charge in [0, 0.05) is 0 Å². The standard InChI is InChI=1S/C11H10N2O2S/c1-2-15-11(14)9-6-8(12-7-13-9)10-4-3-5-16-10/h3-7H,2H2,1H3. The summed E-state index contributed by atoms with van der Waals surface area (Å²) in [5, 5.41) is 1.96. The Morgan fingerprint density at radius 2 is 2.38 bits per heavy atom. The van der Waals surface area contributed by atoms with Crippen LogP contribution in [0.15, 0.2) is 29.9 Å². The summed E-state index contributed by atoms with van der Waals surface area (Å²) < 4.78 is 4.87. The first-order chi connectivity index (χ1) is 7.81. The van der Waals surface area contributed by atoms with Gasteiger partial charge in [0.1, 0.15) is 6.33 Å². The Balaban J connectivity index is 2.30. The van der Waals surface area contributed by atoms with E-state index in [1.54, 1.807) is 24.3 Å². The monoisotopic (exact) mass is 234 g/mol. The van der Waals surface area contributed by atoms with Gasteiger partial charge in [-0.1, -0.05) is 6.07 Å². The van der Waals surface area contributed by atoms with Gasteiger partial charge in [0.25, 0.3) is 0 Å². The van der Waals surface area contributed by atoms with Crippen LogP contribution in [-0.4, -0.2) is 22.5 Å². The summed E-state index contributed by atoms with van der Waals surface area (Å²) >= 11 is 1.57. The number of carbonyl (C=O) groups excluding carboxylic acids is 1. The Hall–Kier alpha value is -1.75. The molecule has 0 aliphatic carbocycles. The third kappa shape index (κ3) is 2.25. The van der Waals surface area contributed by atoms with Crippen molar-refractivity contribution in [3.05, 3.63) is 35.6 Å². The van der Waals surface area contributed by atoms with Gasteiger partial charge in [-0.25, -0.2) is 14.8 Å². The van der Waals surface area contributed by atoms with Crippen molar-refractivity contribution in [1.82, 2.24) is 9.97 Å². The summed E-state index contributed by atoms with van der Waals surface area (Å²) in [4.78, 5) is 20.5. The Labute approximate surface area is 96.9 Å². The lowest BCUT2D eigenvalue weighted by Gasteiger charge is -2.01. The topological polar surface area (TPSA) is 52.1 Å². The van der Waals surface area contributed by atoms with Crippen molar-refractivity contribution in [1.29, 1.82) is 0 Å². The smallest absolute Gasteiger partial charge is 0.357 e. The van der Waals surface area contributed by atoms with Gasteiger partial charge in [0.2, 0.25) is 0 Å². The first-order valence-corrected chi connectivity index (χ1v) is 5.72. The fourth-order valence-electron chi connectivity index (χ4n) is 1.23. The third-order valence-corrected chi connectivity index (χ3v) is 2.82. The van der Waals surface area contributed by atoms with Crippen LogP contribution in [0.4, 0.5) is 0 Å². The Morgan fingerprint density at radius 1 is 1.50 bits per heavy atom. The van der Waals surface area contributed by atoms with E-state index in [1.807, 2.05) is 17.5 Å². The molecular weight excluding hydrogens is 224 g/mol. The summed E-state index contributed by atoms with van der Waals surface area (Å²) in [6.45, 7) is 2.11. The minimum absolute atomic E-state index is 0.292. The molecule has 0 radical (unpaired) electrons. The second kappa shape index (κ2) is 4.85. The second-order valence-electron chi connectivity index (χ2n) is 2.99. The van der Waals surface area contributed by atoms with Crippen LogP contribution in [0.25, 0.3) is 10.6 Å². The highest BCUT2D eigenvalue weighted by Crippen LogP contribution is 2.22. The molecule has 5 heteroatoms. The molecule has 2 heterocycles. The summed E-state index contributed by atoms with van der Waals surface area (Å²) in [6, 6.07) is 5.53. The summed E-state index contributed by atoms with van der Waals surface area (Å²) in [6.07, 6.45) is 1.38. The van der Waals surface area contributed by atoms with Crippen molar-refractivity contribution in [2.45, 2.75) is 6.92 Å². The van der Waals surface area contributed by atoms with E-state index in [9.17, 15) is 4.79 Å². The van der Waals surface area contributed by atoms with Crippen molar-refractivity contribution in [3.8, 4) is 10.6 Å². The lowest BCUT2D eigenvalue weighted by atomic mass is 10.3. The highest BCUT2D eigenvalue weighted by atomic mass is 32.1. The molecule has 2 rings (SSSR count). The Kier molecular flexibility index (Phi) is 3.26. The van der Waals surface area contributed by atoms with Crippen LogP contribution in [-0.2, 0) is 4.74 Å². The average molecular weight is 234 g/mol. The number of nitrogens with zero attached hydrogens (tertiary/aromatic N) is 2. The number of carbonyl (C=O) groups is 1. The summed E-state index contributed by atoms with van der Waals surface area (Å²) in [5.74, 6) is -0.414. The minimum atomic E-state index is -0.414. The fraction of sp³-hybridized carbons (Fsp3) is 0.182. The number of hydrogen-bond donors (Lipinski definition) is 0. The van der Waals surface area contributed by atoms with E-state index in [0.29, 0.717) is 12.3 Å². The van der Waals surface area contributed by atoms with Crippen LogP contribution in [0.1, 0.15) is 17.4 Å². The van der Waals surface area contributed by atoms with Gasteiger partial charge in [-0.05, 0) is 24.4 Å². The molecule has 0 aliphatic heterocycles. The molecule has 0 fully saturated rings. The molecule has 0 aliphatic rings. The number of rotatable bonds is 3. The predicted octanol–water partition coefficient (Wildman–Crippen LogP) is 2.38. The zero-order chi connectivity index (χ0) is 11.4. The van der Waals surface area contributed by atoms with Gasteiger partial charge >= 0.3 is 5.97 Å². The van der Waals surface area contributed by atoms with Gasteiger partial charge in [-0.2, -0.15) is 0 Å². The predicted molar refractivity (Wildman–Crippen MR) is 61.3 cm³/mol. The molecule has 0 aromatic carbocycles. The van der Waals surface area contributed by atoms with Gasteiger partial charge in [0.15, 0.2) is 5.69 Å². The average Bonchev–Trinajstić information content (AvgIpc) is 2.83. The van der Waals surface area contributed by atoms with Crippen LogP contribution in [0.2, 0.25) is 0 Å².